The minimum atomic E-state index is -0.292. The molecule has 1 saturated heterocycles. The van der Waals surface area contributed by atoms with Gasteiger partial charge in [0.1, 0.15) is 17.3 Å². The van der Waals surface area contributed by atoms with Gasteiger partial charge < -0.3 is 9.42 Å². The van der Waals surface area contributed by atoms with Gasteiger partial charge in [0, 0.05) is 43.5 Å². The third-order valence-electron chi connectivity index (χ3n) is 6.05. The molecule has 2 heterocycles. The summed E-state index contributed by atoms with van der Waals surface area (Å²) in [5.74, 6) is 0.263. The molecule has 1 aliphatic heterocycles. The summed E-state index contributed by atoms with van der Waals surface area (Å²) < 4.78 is 32.6. The van der Waals surface area contributed by atoms with Gasteiger partial charge in [0.25, 0.3) is 0 Å². The van der Waals surface area contributed by atoms with Crippen molar-refractivity contribution in [1.82, 2.24) is 15.0 Å². The van der Waals surface area contributed by atoms with Crippen LogP contribution in [0.4, 0.5) is 14.5 Å². The summed E-state index contributed by atoms with van der Waals surface area (Å²) in [6.07, 6.45) is 1.07. The summed E-state index contributed by atoms with van der Waals surface area (Å²) in [6.45, 7) is 9.66. The molecule has 0 unspecified atom stereocenters. The molecule has 2 aromatic carbocycles. The van der Waals surface area contributed by atoms with Gasteiger partial charge in [-0.25, -0.2) is 8.78 Å². The summed E-state index contributed by atoms with van der Waals surface area (Å²) >= 11 is 0. The highest BCUT2D eigenvalue weighted by atomic mass is 19.1. The fraction of sp³-hybridized carbons (Fsp3) is 0.400. The molecular formula is C25H30F2N4O. The number of nitrogens with zero attached hydrogens (tertiary/aromatic N) is 4. The highest BCUT2D eigenvalue weighted by Gasteiger charge is 2.18. The van der Waals surface area contributed by atoms with Crippen molar-refractivity contribution < 1.29 is 13.3 Å². The summed E-state index contributed by atoms with van der Waals surface area (Å²) in [7, 11) is 0. The summed E-state index contributed by atoms with van der Waals surface area (Å²) in [4.78, 5) is 7.12. The van der Waals surface area contributed by atoms with Crippen molar-refractivity contribution in [1.29, 1.82) is 0 Å². The number of aromatic nitrogens is 1. The van der Waals surface area contributed by atoms with E-state index >= 15 is 0 Å². The van der Waals surface area contributed by atoms with Crippen molar-refractivity contribution in [2.75, 3.05) is 50.7 Å². The zero-order valence-electron chi connectivity index (χ0n) is 18.5. The molecule has 5 nitrogen and oxygen atoms in total. The molecule has 1 aliphatic rings. The van der Waals surface area contributed by atoms with Crippen molar-refractivity contribution in [2.45, 2.75) is 19.9 Å². The van der Waals surface area contributed by atoms with E-state index in [1.165, 1.54) is 18.2 Å². The molecule has 7 heteroatoms. The van der Waals surface area contributed by atoms with E-state index in [0.29, 0.717) is 17.8 Å². The smallest absolute Gasteiger partial charge is 0.151 e. The van der Waals surface area contributed by atoms with E-state index in [4.69, 9.17) is 4.52 Å². The van der Waals surface area contributed by atoms with Gasteiger partial charge in [0.2, 0.25) is 0 Å². The second-order valence-electron chi connectivity index (χ2n) is 8.19. The number of halogens is 2. The first kappa shape index (κ1) is 22.4. The maximum Gasteiger partial charge on any atom is 0.151 e. The Morgan fingerprint density at radius 2 is 1.75 bits per heavy atom. The van der Waals surface area contributed by atoms with Crippen LogP contribution in [0, 0.1) is 11.6 Å². The third-order valence-corrected chi connectivity index (χ3v) is 6.05. The van der Waals surface area contributed by atoms with E-state index in [9.17, 15) is 8.78 Å². The lowest BCUT2D eigenvalue weighted by Gasteiger charge is -2.36. The SMILES string of the molecule is CCN(CCCN1CCN(c2ccc(F)cc2)CC1)Cc1cc(-c2ccccc2F)no1. The lowest BCUT2D eigenvalue weighted by molar-refractivity contribution is 0.206. The molecule has 170 valence electrons. The average molecular weight is 441 g/mol. The Labute approximate surface area is 188 Å². The van der Waals surface area contributed by atoms with Crippen LogP contribution < -0.4 is 4.90 Å². The largest absolute Gasteiger partial charge is 0.369 e. The number of hydrogen-bond acceptors (Lipinski definition) is 5. The number of benzene rings is 2. The minimum Gasteiger partial charge on any atom is -0.369 e. The Kier molecular flexibility index (Phi) is 7.50. The van der Waals surface area contributed by atoms with Gasteiger partial charge in [-0.05, 0) is 62.5 Å². The predicted molar refractivity (Wildman–Crippen MR) is 123 cm³/mol. The van der Waals surface area contributed by atoms with E-state index in [2.05, 4.69) is 26.8 Å². The first-order valence-electron chi connectivity index (χ1n) is 11.3. The average Bonchev–Trinajstić information content (AvgIpc) is 3.28. The molecule has 0 atom stereocenters. The van der Waals surface area contributed by atoms with Gasteiger partial charge in [-0.15, -0.1) is 0 Å². The molecule has 0 N–H and O–H groups in total. The summed E-state index contributed by atoms with van der Waals surface area (Å²) in [5, 5.41) is 4.05. The molecule has 1 fully saturated rings. The molecule has 3 aromatic rings. The quantitative estimate of drug-likeness (QED) is 0.484. The molecule has 1 aromatic heterocycles. The van der Waals surface area contributed by atoms with Crippen LogP contribution in [0.1, 0.15) is 19.1 Å². The van der Waals surface area contributed by atoms with Gasteiger partial charge in [-0.2, -0.15) is 0 Å². The van der Waals surface area contributed by atoms with E-state index in [1.54, 1.807) is 18.2 Å². The predicted octanol–water partition coefficient (Wildman–Crippen LogP) is 4.65. The monoisotopic (exact) mass is 440 g/mol. The highest BCUT2D eigenvalue weighted by Crippen LogP contribution is 2.23. The Bertz CT molecular complexity index is 984. The van der Waals surface area contributed by atoms with Crippen LogP contribution in [-0.2, 0) is 6.54 Å². The summed E-state index contributed by atoms with van der Waals surface area (Å²) in [5.41, 5.74) is 2.09. The van der Waals surface area contributed by atoms with E-state index < -0.39 is 0 Å². The van der Waals surface area contributed by atoms with Crippen LogP contribution in [0.5, 0.6) is 0 Å². The fourth-order valence-corrected chi connectivity index (χ4v) is 4.15. The second-order valence-corrected chi connectivity index (χ2v) is 8.19. The summed E-state index contributed by atoms with van der Waals surface area (Å²) in [6, 6.07) is 15.2. The molecule has 4 rings (SSSR count). The first-order chi connectivity index (χ1) is 15.6. The van der Waals surface area contributed by atoms with Crippen LogP contribution in [-0.4, -0.2) is 60.8 Å². The maximum absolute atomic E-state index is 14.0. The van der Waals surface area contributed by atoms with Crippen molar-refractivity contribution in [3.05, 3.63) is 72.0 Å². The Hall–Kier alpha value is -2.77. The highest BCUT2D eigenvalue weighted by molar-refractivity contribution is 5.59. The van der Waals surface area contributed by atoms with Gasteiger partial charge in [-0.1, -0.05) is 24.2 Å². The minimum absolute atomic E-state index is 0.193. The van der Waals surface area contributed by atoms with Gasteiger partial charge >= 0.3 is 0 Å². The van der Waals surface area contributed by atoms with Crippen LogP contribution in [0.25, 0.3) is 11.3 Å². The zero-order valence-corrected chi connectivity index (χ0v) is 18.5. The molecule has 0 bridgehead atoms. The number of anilines is 1. The topological polar surface area (TPSA) is 35.8 Å². The fourth-order valence-electron chi connectivity index (χ4n) is 4.15. The number of rotatable bonds is 9. The van der Waals surface area contributed by atoms with Crippen LogP contribution in [0.3, 0.4) is 0 Å². The molecule has 0 spiro atoms. The third kappa shape index (κ3) is 5.72. The normalized spacial score (nSPS) is 14.9. The lowest BCUT2D eigenvalue weighted by atomic mass is 10.1. The standard InChI is InChI=1S/C25H30F2N4O/c1-2-29(19-22-18-25(28-32-22)23-6-3-4-7-24(23)27)12-5-13-30-14-16-31(17-15-30)21-10-8-20(26)9-11-21/h3-4,6-11,18H,2,5,12-17,19H2,1H3. The van der Waals surface area contributed by atoms with Crippen molar-refractivity contribution in [3.63, 3.8) is 0 Å². The van der Waals surface area contributed by atoms with Gasteiger partial charge in [0.15, 0.2) is 5.76 Å². The van der Waals surface area contributed by atoms with E-state index in [0.717, 1.165) is 63.7 Å². The van der Waals surface area contributed by atoms with Crippen molar-refractivity contribution in [3.8, 4) is 11.3 Å². The van der Waals surface area contributed by atoms with E-state index in [1.807, 2.05) is 18.2 Å². The number of piperazine rings is 1. The van der Waals surface area contributed by atoms with Crippen LogP contribution in [0.2, 0.25) is 0 Å². The Morgan fingerprint density at radius 3 is 2.47 bits per heavy atom. The molecule has 0 radical (unpaired) electrons. The first-order valence-corrected chi connectivity index (χ1v) is 11.3. The number of hydrogen-bond donors (Lipinski definition) is 0. The van der Waals surface area contributed by atoms with Gasteiger partial charge in [0.05, 0.1) is 6.54 Å². The molecule has 0 saturated carbocycles. The zero-order chi connectivity index (χ0) is 22.3. The molecular weight excluding hydrogens is 410 g/mol. The Morgan fingerprint density at radius 1 is 1.00 bits per heavy atom. The van der Waals surface area contributed by atoms with Crippen molar-refractivity contribution >= 4 is 5.69 Å². The van der Waals surface area contributed by atoms with Crippen molar-refractivity contribution in [2.24, 2.45) is 0 Å². The van der Waals surface area contributed by atoms with Crippen LogP contribution >= 0.6 is 0 Å². The Balaban J connectivity index is 1.21. The molecule has 0 amide bonds. The lowest BCUT2D eigenvalue weighted by Crippen LogP contribution is -2.47. The van der Waals surface area contributed by atoms with Crippen LogP contribution in [0.15, 0.2) is 59.1 Å². The second kappa shape index (κ2) is 10.7. The van der Waals surface area contributed by atoms with E-state index in [-0.39, 0.29) is 11.6 Å². The molecule has 0 aliphatic carbocycles. The van der Waals surface area contributed by atoms with Gasteiger partial charge in [-0.3, -0.25) is 9.80 Å². The maximum atomic E-state index is 14.0. The molecule has 32 heavy (non-hydrogen) atoms.